The SMILES string of the molecule is Cc1ccnc(-c2ncccc2CN2C=CN(C)C2C)c1. The van der Waals surface area contributed by atoms with Crippen molar-refractivity contribution in [3.05, 3.63) is 60.2 Å². The molecule has 1 aliphatic rings. The minimum atomic E-state index is 0.364. The van der Waals surface area contributed by atoms with E-state index in [2.05, 4.69) is 65.2 Å². The Hall–Kier alpha value is -2.36. The van der Waals surface area contributed by atoms with Crippen LogP contribution in [0.2, 0.25) is 0 Å². The number of pyridine rings is 2. The van der Waals surface area contributed by atoms with Crippen molar-refractivity contribution in [2.75, 3.05) is 7.05 Å². The summed E-state index contributed by atoms with van der Waals surface area (Å²) in [7, 11) is 2.09. The molecular weight excluding hydrogens is 260 g/mol. The highest BCUT2D eigenvalue weighted by Crippen LogP contribution is 2.24. The third-order valence-corrected chi connectivity index (χ3v) is 3.96. The standard InChI is InChI=1S/C17H20N4/c1-13-6-8-18-16(11-13)17-15(5-4-7-19-17)12-21-10-9-20(3)14(21)2/h4-11,14H,12H2,1-3H3. The molecule has 21 heavy (non-hydrogen) atoms. The van der Waals surface area contributed by atoms with Gasteiger partial charge in [-0.05, 0) is 43.2 Å². The van der Waals surface area contributed by atoms with Gasteiger partial charge in [0.05, 0.1) is 17.6 Å². The maximum atomic E-state index is 4.55. The van der Waals surface area contributed by atoms with Crippen LogP contribution in [0.25, 0.3) is 11.4 Å². The quantitative estimate of drug-likeness (QED) is 0.865. The third-order valence-electron chi connectivity index (χ3n) is 3.96. The Morgan fingerprint density at radius 3 is 2.71 bits per heavy atom. The van der Waals surface area contributed by atoms with Crippen molar-refractivity contribution in [3.8, 4) is 11.4 Å². The minimum Gasteiger partial charge on any atom is -0.359 e. The molecule has 1 atom stereocenters. The lowest BCUT2D eigenvalue weighted by atomic mass is 10.1. The molecule has 0 bridgehead atoms. The fourth-order valence-corrected chi connectivity index (χ4v) is 2.52. The van der Waals surface area contributed by atoms with Gasteiger partial charge >= 0.3 is 0 Å². The summed E-state index contributed by atoms with van der Waals surface area (Å²) < 4.78 is 0. The zero-order valence-corrected chi connectivity index (χ0v) is 12.7. The van der Waals surface area contributed by atoms with Gasteiger partial charge in [-0.3, -0.25) is 9.97 Å². The van der Waals surface area contributed by atoms with Gasteiger partial charge in [-0.15, -0.1) is 0 Å². The Labute approximate surface area is 125 Å². The molecule has 0 spiro atoms. The molecule has 1 unspecified atom stereocenters. The summed E-state index contributed by atoms with van der Waals surface area (Å²) in [5.74, 6) is 0. The maximum absolute atomic E-state index is 4.55. The van der Waals surface area contributed by atoms with Crippen molar-refractivity contribution in [1.29, 1.82) is 0 Å². The molecule has 2 aromatic rings. The minimum absolute atomic E-state index is 0.364. The van der Waals surface area contributed by atoms with E-state index >= 15 is 0 Å². The van der Waals surface area contributed by atoms with Gasteiger partial charge in [-0.2, -0.15) is 0 Å². The highest BCUT2D eigenvalue weighted by molar-refractivity contribution is 5.59. The number of nitrogens with zero attached hydrogens (tertiary/aromatic N) is 4. The second-order valence-corrected chi connectivity index (χ2v) is 5.50. The van der Waals surface area contributed by atoms with Crippen LogP contribution >= 0.6 is 0 Å². The van der Waals surface area contributed by atoms with Crippen LogP contribution in [0, 0.1) is 6.92 Å². The van der Waals surface area contributed by atoms with Crippen LogP contribution in [0.5, 0.6) is 0 Å². The molecule has 108 valence electrons. The van der Waals surface area contributed by atoms with E-state index in [0.29, 0.717) is 6.17 Å². The van der Waals surface area contributed by atoms with Crippen LogP contribution in [-0.4, -0.2) is 33.0 Å². The van der Waals surface area contributed by atoms with Crippen molar-refractivity contribution in [3.63, 3.8) is 0 Å². The lowest BCUT2D eigenvalue weighted by molar-refractivity contribution is 0.189. The highest BCUT2D eigenvalue weighted by atomic mass is 15.4. The van der Waals surface area contributed by atoms with Gasteiger partial charge in [-0.25, -0.2) is 0 Å². The van der Waals surface area contributed by atoms with Crippen molar-refractivity contribution >= 4 is 0 Å². The van der Waals surface area contributed by atoms with Gasteiger partial charge in [-0.1, -0.05) is 6.07 Å². The van der Waals surface area contributed by atoms with Gasteiger partial charge in [0.15, 0.2) is 0 Å². The fraction of sp³-hybridized carbons (Fsp3) is 0.294. The fourth-order valence-electron chi connectivity index (χ4n) is 2.52. The lowest BCUT2D eigenvalue weighted by Gasteiger charge is -2.27. The van der Waals surface area contributed by atoms with E-state index in [1.807, 2.05) is 24.5 Å². The Balaban J connectivity index is 1.92. The molecule has 0 aliphatic carbocycles. The first-order valence-electron chi connectivity index (χ1n) is 7.18. The van der Waals surface area contributed by atoms with Crippen molar-refractivity contribution in [2.24, 2.45) is 0 Å². The highest BCUT2D eigenvalue weighted by Gasteiger charge is 2.20. The van der Waals surface area contributed by atoms with Crippen LogP contribution in [0.3, 0.4) is 0 Å². The van der Waals surface area contributed by atoms with Crippen LogP contribution in [0.1, 0.15) is 18.1 Å². The molecular formula is C17H20N4. The molecule has 3 heterocycles. The number of hydrogen-bond donors (Lipinski definition) is 0. The summed E-state index contributed by atoms with van der Waals surface area (Å²) in [6.07, 6.45) is 8.27. The van der Waals surface area contributed by atoms with Crippen molar-refractivity contribution < 1.29 is 0 Å². The first-order valence-corrected chi connectivity index (χ1v) is 7.18. The zero-order chi connectivity index (χ0) is 14.8. The summed E-state index contributed by atoms with van der Waals surface area (Å²) >= 11 is 0. The van der Waals surface area contributed by atoms with Crippen molar-refractivity contribution in [1.82, 2.24) is 19.8 Å². The van der Waals surface area contributed by atoms with E-state index in [0.717, 1.165) is 17.9 Å². The van der Waals surface area contributed by atoms with Gasteiger partial charge in [0.25, 0.3) is 0 Å². The molecule has 0 saturated carbocycles. The molecule has 0 radical (unpaired) electrons. The largest absolute Gasteiger partial charge is 0.359 e. The predicted molar refractivity (Wildman–Crippen MR) is 84.1 cm³/mol. The maximum Gasteiger partial charge on any atom is 0.0978 e. The Morgan fingerprint density at radius 1 is 1.14 bits per heavy atom. The van der Waals surface area contributed by atoms with Crippen LogP contribution in [0.4, 0.5) is 0 Å². The average molecular weight is 280 g/mol. The number of rotatable bonds is 3. The number of hydrogen-bond acceptors (Lipinski definition) is 4. The summed E-state index contributed by atoms with van der Waals surface area (Å²) in [6, 6.07) is 8.21. The zero-order valence-electron chi connectivity index (χ0n) is 12.7. The number of aromatic nitrogens is 2. The summed E-state index contributed by atoms with van der Waals surface area (Å²) in [5, 5.41) is 0. The molecule has 0 amide bonds. The second-order valence-electron chi connectivity index (χ2n) is 5.50. The van der Waals surface area contributed by atoms with Crippen molar-refractivity contribution in [2.45, 2.75) is 26.6 Å². The molecule has 1 aliphatic heterocycles. The Kier molecular flexibility index (Phi) is 3.60. The van der Waals surface area contributed by atoms with Gasteiger partial charge < -0.3 is 9.80 Å². The Bertz CT molecular complexity index is 665. The topological polar surface area (TPSA) is 32.3 Å². The van der Waals surface area contributed by atoms with Crippen LogP contribution in [-0.2, 0) is 6.54 Å². The van der Waals surface area contributed by atoms with E-state index in [9.17, 15) is 0 Å². The van der Waals surface area contributed by atoms with Crippen LogP contribution in [0.15, 0.2) is 49.1 Å². The van der Waals surface area contributed by atoms with E-state index in [4.69, 9.17) is 0 Å². The molecule has 2 aromatic heterocycles. The summed E-state index contributed by atoms with van der Waals surface area (Å²) in [5.41, 5.74) is 4.30. The molecule has 4 nitrogen and oxygen atoms in total. The first-order chi connectivity index (χ1) is 10.1. The smallest absolute Gasteiger partial charge is 0.0978 e. The van der Waals surface area contributed by atoms with Gasteiger partial charge in [0.1, 0.15) is 0 Å². The molecule has 0 saturated heterocycles. The average Bonchev–Trinajstić information content (AvgIpc) is 2.80. The normalized spacial score (nSPS) is 17.6. The van der Waals surface area contributed by atoms with E-state index < -0.39 is 0 Å². The molecule has 4 heteroatoms. The predicted octanol–water partition coefficient (Wildman–Crippen LogP) is 3.02. The van der Waals surface area contributed by atoms with Gasteiger partial charge in [0.2, 0.25) is 0 Å². The summed E-state index contributed by atoms with van der Waals surface area (Å²) in [4.78, 5) is 13.5. The van der Waals surface area contributed by atoms with Gasteiger partial charge in [0, 0.05) is 38.4 Å². The van der Waals surface area contributed by atoms with E-state index in [-0.39, 0.29) is 0 Å². The monoisotopic (exact) mass is 280 g/mol. The summed E-state index contributed by atoms with van der Waals surface area (Å²) in [6.45, 7) is 5.11. The second kappa shape index (κ2) is 5.56. The number of aryl methyl sites for hydroxylation is 1. The third kappa shape index (κ3) is 2.75. The Morgan fingerprint density at radius 2 is 2.00 bits per heavy atom. The molecule has 0 N–H and O–H groups in total. The first kappa shape index (κ1) is 13.6. The van der Waals surface area contributed by atoms with E-state index in [1.54, 1.807) is 0 Å². The molecule has 3 rings (SSSR count). The lowest BCUT2D eigenvalue weighted by Crippen LogP contribution is -2.33. The van der Waals surface area contributed by atoms with Crippen LogP contribution < -0.4 is 0 Å². The molecule has 0 aromatic carbocycles. The van der Waals surface area contributed by atoms with E-state index in [1.165, 1.54) is 11.1 Å². The molecule has 0 fully saturated rings.